The second-order valence-electron chi connectivity index (χ2n) is 4.13. The molecule has 0 amide bonds. The highest BCUT2D eigenvalue weighted by atomic mass is 79.9. The molecule has 0 saturated heterocycles. The molecule has 0 aliphatic carbocycles. The summed E-state index contributed by atoms with van der Waals surface area (Å²) < 4.78 is 28.2. The Balaban J connectivity index is 2.22. The molecule has 1 atom stereocenters. The molecule has 0 bridgehead atoms. The normalized spacial score (nSPS) is 12.5. The van der Waals surface area contributed by atoms with Crippen LogP contribution in [0.15, 0.2) is 45.3 Å². The lowest BCUT2D eigenvalue weighted by Crippen LogP contribution is -2.04. The standard InChI is InChI=1S/C14H10Br2F2O/c15-11-3-1-8(6-12(11)16)14(19)7-9-5-10(17)2-4-13(9)18/h1-6,14,19H,7H2. The number of aliphatic hydroxyl groups is 1. The van der Waals surface area contributed by atoms with Gasteiger partial charge in [0.2, 0.25) is 0 Å². The number of aliphatic hydroxyl groups excluding tert-OH is 1. The quantitative estimate of drug-likeness (QED) is 0.799. The maximum atomic E-state index is 13.5. The van der Waals surface area contributed by atoms with Crippen molar-refractivity contribution in [2.24, 2.45) is 0 Å². The lowest BCUT2D eigenvalue weighted by atomic mass is 10.0. The first-order valence-electron chi connectivity index (χ1n) is 5.54. The van der Waals surface area contributed by atoms with E-state index in [2.05, 4.69) is 31.9 Å². The van der Waals surface area contributed by atoms with Crippen LogP contribution in [0, 0.1) is 11.6 Å². The van der Waals surface area contributed by atoms with Crippen LogP contribution in [0.3, 0.4) is 0 Å². The van der Waals surface area contributed by atoms with Crippen molar-refractivity contribution in [2.45, 2.75) is 12.5 Å². The molecule has 19 heavy (non-hydrogen) atoms. The van der Waals surface area contributed by atoms with Crippen molar-refractivity contribution in [3.8, 4) is 0 Å². The summed E-state index contributed by atoms with van der Waals surface area (Å²) in [5.41, 5.74) is 0.797. The monoisotopic (exact) mass is 390 g/mol. The smallest absolute Gasteiger partial charge is 0.126 e. The second kappa shape index (κ2) is 6.11. The summed E-state index contributed by atoms with van der Waals surface area (Å²) >= 11 is 6.66. The van der Waals surface area contributed by atoms with E-state index in [4.69, 9.17) is 0 Å². The summed E-state index contributed by atoms with van der Waals surface area (Å²) in [7, 11) is 0. The molecule has 0 radical (unpaired) electrons. The molecule has 0 fully saturated rings. The molecule has 5 heteroatoms. The van der Waals surface area contributed by atoms with Crippen LogP contribution in [0.25, 0.3) is 0 Å². The molecule has 0 aliphatic heterocycles. The van der Waals surface area contributed by atoms with Gasteiger partial charge in [-0.05, 0) is 73.3 Å². The minimum atomic E-state index is -0.888. The summed E-state index contributed by atoms with van der Waals surface area (Å²) in [6.45, 7) is 0. The van der Waals surface area contributed by atoms with E-state index in [9.17, 15) is 13.9 Å². The number of rotatable bonds is 3. The average Bonchev–Trinajstić information content (AvgIpc) is 2.37. The molecule has 1 N–H and O–H groups in total. The summed E-state index contributed by atoms with van der Waals surface area (Å²) in [4.78, 5) is 0. The summed E-state index contributed by atoms with van der Waals surface area (Å²) in [6, 6.07) is 8.48. The predicted octanol–water partition coefficient (Wildman–Crippen LogP) is 4.77. The van der Waals surface area contributed by atoms with Gasteiger partial charge in [0.05, 0.1) is 6.10 Å². The molecule has 0 saturated carbocycles. The second-order valence-corrected chi connectivity index (χ2v) is 5.84. The Morgan fingerprint density at radius 1 is 1.00 bits per heavy atom. The van der Waals surface area contributed by atoms with E-state index in [1.54, 1.807) is 18.2 Å². The lowest BCUT2D eigenvalue weighted by molar-refractivity contribution is 0.177. The van der Waals surface area contributed by atoms with E-state index in [0.29, 0.717) is 5.56 Å². The van der Waals surface area contributed by atoms with E-state index in [0.717, 1.165) is 27.1 Å². The Labute approximate surface area is 126 Å². The van der Waals surface area contributed by atoms with Gasteiger partial charge in [-0.1, -0.05) is 6.07 Å². The molecule has 2 aromatic carbocycles. The molecule has 2 rings (SSSR count). The third kappa shape index (κ3) is 3.61. The van der Waals surface area contributed by atoms with Gasteiger partial charge in [-0.2, -0.15) is 0 Å². The highest BCUT2D eigenvalue weighted by Gasteiger charge is 2.13. The third-order valence-corrected chi connectivity index (χ3v) is 4.63. The number of hydrogen-bond acceptors (Lipinski definition) is 1. The molecular weight excluding hydrogens is 382 g/mol. The van der Waals surface area contributed by atoms with Crippen molar-refractivity contribution in [1.82, 2.24) is 0 Å². The fourth-order valence-electron chi connectivity index (χ4n) is 1.75. The highest BCUT2D eigenvalue weighted by molar-refractivity contribution is 9.13. The third-order valence-electron chi connectivity index (χ3n) is 2.75. The SMILES string of the molecule is OC(Cc1cc(F)ccc1F)c1ccc(Br)c(Br)c1. The van der Waals surface area contributed by atoms with Gasteiger partial charge in [0.15, 0.2) is 0 Å². The first-order chi connectivity index (χ1) is 8.97. The molecule has 0 heterocycles. The molecule has 0 aliphatic rings. The van der Waals surface area contributed by atoms with Gasteiger partial charge in [-0.15, -0.1) is 0 Å². The van der Waals surface area contributed by atoms with E-state index in [-0.39, 0.29) is 12.0 Å². The zero-order valence-electron chi connectivity index (χ0n) is 9.71. The first kappa shape index (κ1) is 14.6. The van der Waals surface area contributed by atoms with Crippen LogP contribution < -0.4 is 0 Å². The van der Waals surface area contributed by atoms with Crippen molar-refractivity contribution < 1.29 is 13.9 Å². The Kier molecular flexibility index (Phi) is 4.71. The fraction of sp³-hybridized carbons (Fsp3) is 0.143. The zero-order valence-corrected chi connectivity index (χ0v) is 12.9. The Hall–Kier alpha value is -0.780. The minimum absolute atomic E-state index is 0.0255. The predicted molar refractivity (Wildman–Crippen MR) is 76.9 cm³/mol. The van der Waals surface area contributed by atoms with Crippen LogP contribution in [-0.4, -0.2) is 5.11 Å². The van der Waals surface area contributed by atoms with E-state index >= 15 is 0 Å². The largest absolute Gasteiger partial charge is 0.388 e. The van der Waals surface area contributed by atoms with Crippen LogP contribution in [0.4, 0.5) is 8.78 Å². The van der Waals surface area contributed by atoms with Crippen LogP contribution in [0.2, 0.25) is 0 Å². The lowest BCUT2D eigenvalue weighted by Gasteiger charge is -2.12. The number of hydrogen-bond donors (Lipinski definition) is 1. The molecule has 100 valence electrons. The van der Waals surface area contributed by atoms with Crippen molar-refractivity contribution in [1.29, 1.82) is 0 Å². The van der Waals surface area contributed by atoms with Crippen molar-refractivity contribution in [2.75, 3.05) is 0 Å². The van der Waals surface area contributed by atoms with Crippen LogP contribution >= 0.6 is 31.9 Å². The number of benzene rings is 2. The first-order valence-corrected chi connectivity index (χ1v) is 7.13. The van der Waals surface area contributed by atoms with Gasteiger partial charge in [-0.3, -0.25) is 0 Å². The van der Waals surface area contributed by atoms with E-state index < -0.39 is 17.7 Å². The van der Waals surface area contributed by atoms with Gasteiger partial charge in [-0.25, -0.2) is 8.78 Å². The van der Waals surface area contributed by atoms with Crippen LogP contribution in [0.5, 0.6) is 0 Å². The summed E-state index contributed by atoms with van der Waals surface area (Å²) in [5.74, 6) is -1.03. The summed E-state index contributed by atoms with van der Waals surface area (Å²) in [5, 5.41) is 10.1. The minimum Gasteiger partial charge on any atom is -0.388 e. The van der Waals surface area contributed by atoms with Crippen LogP contribution in [0.1, 0.15) is 17.2 Å². The van der Waals surface area contributed by atoms with Crippen molar-refractivity contribution in [3.05, 3.63) is 68.1 Å². The average molecular weight is 392 g/mol. The van der Waals surface area contributed by atoms with Gasteiger partial charge in [0.1, 0.15) is 11.6 Å². The van der Waals surface area contributed by atoms with Crippen molar-refractivity contribution >= 4 is 31.9 Å². The Morgan fingerprint density at radius 3 is 2.42 bits per heavy atom. The van der Waals surface area contributed by atoms with Gasteiger partial charge in [0.25, 0.3) is 0 Å². The molecule has 1 unspecified atom stereocenters. The fourth-order valence-corrected chi connectivity index (χ4v) is 2.39. The molecule has 1 nitrogen and oxygen atoms in total. The Bertz CT molecular complexity index is 602. The maximum absolute atomic E-state index is 13.5. The summed E-state index contributed by atoms with van der Waals surface area (Å²) in [6.07, 6.45) is -0.863. The van der Waals surface area contributed by atoms with Gasteiger partial charge in [0, 0.05) is 15.4 Å². The zero-order chi connectivity index (χ0) is 14.0. The number of halogens is 4. The van der Waals surface area contributed by atoms with Gasteiger partial charge >= 0.3 is 0 Å². The van der Waals surface area contributed by atoms with E-state index in [1.807, 2.05) is 0 Å². The molecular formula is C14H10Br2F2O. The molecule has 2 aromatic rings. The maximum Gasteiger partial charge on any atom is 0.126 e. The molecule has 0 spiro atoms. The highest BCUT2D eigenvalue weighted by Crippen LogP contribution is 2.28. The van der Waals surface area contributed by atoms with Crippen LogP contribution in [-0.2, 0) is 6.42 Å². The topological polar surface area (TPSA) is 20.2 Å². The molecule has 0 aromatic heterocycles. The Morgan fingerprint density at radius 2 is 1.74 bits per heavy atom. The van der Waals surface area contributed by atoms with E-state index in [1.165, 1.54) is 0 Å². The van der Waals surface area contributed by atoms with Crippen molar-refractivity contribution in [3.63, 3.8) is 0 Å². The van der Waals surface area contributed by atoms with Gasteiger partial charge < -0.3 is 5.11 Å².